The molecule has 1 saturated carbocycles. The summed E-state index contributed by atoms with van der Waals surface area (Å²) in [4.78, 5) is 28.0. The molecule has 2 aromatic carbocycles. The molecule has 1 atom stereocenters. The summed E-state index contributed by atoms with van der Waals surface area (Å²) in [7, 11) is -3.77. The number of halogens is 2. The maximum atomic E-state index is 14.3. The molecule has 2 aromatic rings. The molecule has 0 spiro atoms. The predicted molar refractivity (Wildman–Crippen MR) is 144 cm³/mol. The van der Waals surface area contributed by atoms with E-state index in [1.807, 2.05) is 0 Å². The first kappa shape index (κ1) is 28.9. The predicted octanol–water partition coefficient (Wildman–Crippen LogP) is 4.89. The lowest BCUT2D eigenvalue weighted by Crippen LogP contribution is -2.50. The molecule has 37 heavy (non-hydrogen) atoms. The maximum Gasteiger partial charge on any atom is 0.242 e. The van der Waals surface area contributed by atoms with E-state index in [-0.39, 0.29) is 49.5 Å². The second kappa shape index (κ2) is 13.2. The molecular formula is C27H35ClFN3O4S. The molecule has 1 aliphatic rings. The Labute approximate surface area is 224 Å². The van der Waals surface area contributed by atoms with Crippen LogP contribution in [-0.2, 0) is 26.2 Å². The Morgan fingerprint density at radius 1 is 1.08 bits per heavy atom. The van der Waals surface area contributed by atoms with Gasteiger partial charge >= 0.3 is 0 Å². The van der Waals surface area contributed by atoms with E-state index in [1.54, 1.807) is 37.3 Å². The van der Waals surface area contributed by atoms with Gasteiger partial charge in [0.25, 0.3) is 0 Å². The van der Waals surface area contributed by atoms with Crippen LogP contribution >= 0.6 is 11.6 Å². The van der Waals surface area contributed by atoms with E-state index >= 15 is 0 Å². The molecule has 0 heterocycles. The molecule has 0 aromatic heterocycles. The van der Waals surface area contributed by atoms with Gasteiger partial charge < -0.3 is 10.2 Å². The van der Waals surface area contributed by atoms with Gasteiger partial charge in [-0.15, -0.1) is 0 Å². The number of nitrogens with zero attached hydrogens (tertiary/aromatic N) is 2. The van der Waals surface area contributed by atoms with E-state index in [4.69, 9.17) is 11.6 Å². The van der Waals surface area contributed by atoms with Gasteiger partial charge in [-0.2, -0.15) is 0 Å². The summed E-state index contributed by atoms with van der Waals surface area (Å²) in [5.74, 6) is -1.15. The topological polar surface area (TPSA) is 86.8 Å². The number of sulfonamides is 1. The molecule has 3 rings (SSSR count). The molecule has 0 radical (unpaired) electrons. The minimum atomic E-state index is -3.77. The third-order valence-corrected chi connectivity index (χ3v) is 8.09. The van der Waals surface area contributed by atoms with E-state index in [1.165, 1.54) is 29.5 Å². The fraction of sp³-hybridized carbons (Fsp3) is 0.481. The van der Waals surface area contributed by atoms with Crippen molar-refractivity contribution < 1.29 is 22.4 Å². The highest BCUT2D eigenvalue weighted by molar-refractivity contribution is 7.92. The zero-order chi connectivity index (χ0) is 27.0. The summed E-state index contributed by atoms with van der Waals surface area (Å²) in [6.45, 7) is 1.84. The van der Waals surface area contributed by atoms with E-state index in [9.17, 15) is 22.4 Å². The third kappa shape index (κ3) is 8.43. The van der Waals surface area contributed by atoms with Gasteiger partial charge in [-0.3, -0.25) is 13.9 Å². The number of anilines is 1. The molecule has 7 nitrogen and oxygen atoms in total. The summed E-state index contributed by atoms with van der Waals surface area (Å²) < 4.78 is 40.0. The Balaban J connectivity index is 1.71. The molecular weight excluding hydrogens is 517 g/mol. The Morgan fingerprint density at radius 3 is 2.35 bits per heavy atom. The Morgan fingerprint density at radius 2 is 1.73 bits per heavy atom. The lowest BCUT2D eigenvalue weighted by atomic mass is 9.95. The number of hydrogen-bond donors (Lipinski definition) is 1. The number of amides is 2. The van der Waals surface area contributed by atoms with E-state index in [2.05, 4.69) is 5.32 Å². The number of para-hydroxylation sites is 1. The van der Waals surface area contributed by atoms with Gasteiger partial charge in [-0.25, -0.2) is 12.8 Å². The largest absolute Gasteiger partial charge is 0.352 e. The smallest absolute Gasteiger partial charge is 0.242 e. The summed E-state index contributed by atoms with van der Waals surface area (Å²) in [6.07, 6.45) is 6.34. The van der Waals surface area contributed by atoms with Crippen molar-refractivity contribution in [3.05, 3.63) is 64.9 Å². The van der Waals surface area contributed by atoms with Crippen LogP contribution in [0.2, 0.25) is 5.02 Å². The van der Waals surface area contributed by atoms with Crippen LogP contribution in [-0.4, -0.2) is 50.0 Å². The summed E-state index contributed by atoms with van der Waals surface area (Å²) in [5, 5.41) is 3.66. The zero-order valence-corrected chi connectivity index (χ0v) is 22.9. The van der Waals surface area contributed by atoms with Crippen LogP contribution in [0, 0.1) is 5.82 Å². The van der Waals surface area contributed by atoms with Crippen LogP contribution in [0.3, 0.4) is 0 Å². The maximum absolute atomic E-state index is 14.3. The molecule has 0 saturated heterocycles. The first-order valence-corrected chi connectivity index (χ1v) is 14.9. The molecule has 1 aliphatic carbocycles. The highest BCUT2D eigenvalue weighted by atomic mass is 35.5. The Bertz CT molecular complexity index is 1170. The van der Waals surface area contributed by atoms with Gasteiger partial charge in [0.05, 0.1) is 11.9 Å². The number of benzene rings is 2. The van der Waals surface area contributed by atoms with Crippen LogP contribution in [0.4, 0.5) is 10.1 Å². The van der Waals surface area contributed by atoms with Crippen molar-refractivity contribution >= 4 is 39.1 Å². The van der Waals surface area contributed by atoms with Crippen molar-refractivity contribution in [1.82, 2.24) is 10.2 Å². The number of rotatable bonds is 11. The Hall–Kier alpha value is -2.65. The van der Waals surface area contributed by atoms with Crippen molar-refractivity contribution in [2.24, 2.45) is 0 Å². The lowest BCUT2D eigenvalue weighted by Gasteiger charge is -2.31. The highest BCUT2D eigenvalue weighted by Gasteiger charge is 2.28. The lowest BCUT2D eigenvalue weighted by molar-refractivity contribution is -0.141. The van der Waals surface area contributed by atoms with Crippen LogP contribution in [0.25, 0.3) is 0 Å². The standard InChI is InChI=1S/C27H35ClFN3O4S/c1-20(27(34)30-23-9-4-3-5-10-23)31(19-21-14-16-22(28)17-15-21)26(33)13-8-18-32(37(2,35)36)25-12-7-6-11-24(25)29/h6-7,11-12,14-17,20,23H,3-5,8-10,13,18-19H2,1-2H3,(H,30,34)/t20-/m1/s1. The molecule has 0 aliphatic heterocycles. The highest BCUT2D eigenvalue weighted by Crippen LogP contribution is 2.23. The normalized spacial score (nSPS) is 15.1. The SMILES string of the molecule is C[C@H](C(=O)NC1CCCCC1)N(Cc1ccc(Cl)cc1)C(=O)CCCN(c1ccccc1F)S(C)(=O)=O. The van der Waals surface area contributed by atoms with Gasteiger partial charge in [0.1, 0.15) is 11.9 Å². The first-order chi connectivity index (χ1) is 17.6. The van der Waals surface area contributed by atoms with Gasteiger partial charge in [0, 0.05) is 30.6 Å². The molecule has 10 heteroatoms. The second-order valence-electron chi connectivity index (χ2n) is 9.56. The number of carbonyl (C=O) groups is 2. The summed E-state index contributed by atoms with van der Waals surface area (Å²) in [6, 6.07) is 12.1. The van der Waals surface area contributed by atoms with E-state index in [0.29, 0.717) is 5.02 Å². The van der Waals surface area contributed by atoms with Crippen LogP contribution in [0.1, 0.15) is 57.4 Å². The molecule has 0 bridgehead atoms. The van der Waals surface area contributed by atoms with Crippen LogP contribution in [0.15, 0.2) is 48.5 Å². The molecule has 202 valence electrons. The number of carbonyl (C=O) groups excluding carboxylic acids is 2. The fourth-order valence-electron chi connectivity index (χ4n) is 4.57. The molecule has 2 amide bonds. The first-order valence-electron chi connectivity index (χ1n) is 12.6. The number of hydrogen-bond acceptors (Lipinski definition) is 4. The zero-order valence-electron chi connectivity index (χ0n) is 21.3. The van der Waals surface area contributed by atoms with Gasteiger partial charge in [0.15, 0.2) is 0 Å². The average Bonchev–Trinajstić information content (AvgIpc) is 2.86. The quantitative estimate of drug-likeness (QED) is 0.431. The average molecular weight is 552 g/mol. The van der Waals surface area contributed by atoms with Crippen LogP contribution in [0.5, 0.6) is 0 Å². The molecule has 1 N–H and O–H groups in total. The molecule has 0 unspecified atom stereocenters. The van der Waals surface area contributed by atoms with E-state index < -0.39 is 21.9 Å². The van der Waals surface area contributed by atoms with Crippen LogP contribution < -0.4 is 9.62 Å². The van der Waals surface area contributed by atoms with E-state index in [0.717, 1.165) is 41.8 Å². The number of nitrogens with one attached hydrogen (secondary N) is 1. The van der Waals surface area contributed by atoms with Gasteiger partial charge in [0.2, 0.25) is 21.8 Å². The van der Waals surface area contributed by atoms with Crippen molar-refractivity contribution in [2.45, 2.75) is 70.5 Å². The summed E-state index contributed by atoms with van der Waals surface area (Å²) >= 11 is 6.00. The fourth-order valence-corrected chi connectivity index (χ4v) is 5.67. The monoisotopic (exact) mass is 551 g/mol. The van der Waals surface area contributed by atoms with Crippen molar-refractivity contribution in [1.29, 1.82) is 0 Å². The minimum Gasteiger partial charge on any atom is -0.352 e. The third-order valence-electron chi connectivity index (χ3n) is 6.66. The van der Waals surface area contributed by atoms with Crippen molar-refractivity contribution in [3.8, 4) is 0 Å². The Kier molecular flexibility index (Phi) is 10.3. The van der Waals surface area contributed by atoms with Crippen molar-refractivity contribution in [3.63, 3.8) is 0 Å². The van der Waals surface area contributed by atoms with Gasteiger partial charge in [-0.1, -0.05) is 55.1 Å². The summed E-state index contributed by atoms with van der Waals surface area (Å²) in [5.41, 5.74) is 0.759. The molecule has 1 fully saturated rings. The van der Waals surface area contributed by atoms with Gasteiger partial charge in [-0.05, 0) is 56.0 Å². The minimum absolute atomic E-state index is 0.00485. The second-order valence-corrected chi connectivity index (χ2v) is 11.9. The van der Waals surface area contributed by atoms with Crippen molar-refractivity contribution in [2.75, 3.05) is 17.1 Å².